The van der Waals surface area contributed by atoms with Crippen LogP contribution in [0.15, 0.2) is 18.2 Å². The van der Waals surface area contributed by atoms with Gasteiger partial charge in [-0.25, -0.2) is 12.8 Å². The first-order chi connectivity index (χ1) is 10.9. The van der Waals surface area contributed by atoms with Crippen molar-refractivity contribution in [3.05, 3.63) is 24.0 Å². The van der Waals surface area contributed by atoms with Gasteiger partial charge in [0.1, 0.15) is 5.82 Å². The lowest BCUT2D eigenvalue weighted by atomic mass is 10.0. The van der Waals surface area contributed by atoms with Crippen LogP contribution in [0.5, 0.6) is 0 Å². The molecular weight excluding hydrogens is 319 g/mol. The van der Waals surface area contributed by atoms with Crippen LogP contribution in [0.2, 0.25) is 0 Å². The molecule has 1 saturated heterocycles. The zero-order chi connectivity index (χ0) is 16.6. The van der Waals surface area contributed by atoms with Gasteiger partial charge in [0.05, 0.1) is 22.9 Å². The standard InChI is InChI=1S/C16H21FN2O3S/c1-18-6-2-7-19(15-10-13(17)3-4-14(15)18)16(20)9-12-5-8-23(21,22)11-12/h3-4,10,12H,2,5-9,11H2,1H3/t12-/m0/s1. The van der Waals surface area contributed by atoms with Crippen LogP contribution in [0.4, 0.5) is 15.8 Å². The van der Waals surface area contributed by atoms with E-state index >= 15 is 0 Å². The summed E-state index contributed by atoms with van der Waals surface area (Å²) < 4.78 is 36.8. The van der Waals surface area contributed by atoms with Crippen molar-refractivity contribution in [2.24, 2.45) is 5.92 Å². The molecule has 2 heterocycles. The second-order valence-electron chi connectivity index (χ2n) is 6.43. The molecular formula is C16H21FN2O3S. The second-order valence-corrected chi connectivity index (χ2v) is 8.66. The Hall–Kier alpha value is -1.63. The first kappa shape index (κ1) is 16.2. The summed E-state index contributed by atoms with van der Waals surface area (Å²) in [5, 5.41) is 0. The molecule has 1 atom stereocenters. The van der Waals surface area contributed by atoms with Gasteiger partial charge in [-0.15, -0.1) is 0 Å². The van der Waals surface area contributed by atoms with Crippen LogP contribution in [-0.4, -0.2) is 46.0 Å². The third kappa shape index (κ3) is 3.49. The summed E-state index contributed by atoms with van der Waals surface area (Å²) in [7, 11) is -1.07. The van der Waals surface area contributed by atoms with Crippen molar-refractivity contribution >= 4 is 27.1 Å². The molecule has 126 valence electrons. The van der Waals surface area contributed by atoms with E-state index in [2.05, 4.69) is 0 Å². The molecule has 23 heavy (non-hydrogen) atoms. The fourth-order valence-electron chi connectivity index (χ4n) is 3.39. The molecule has 0 bridgehead atoms. The number of hydrogen-bond acceptors (Lipinski definition) is 4. The van der Waals surface area contributed by atoms with Crippen molar-refractivity contribution in [2.75, 3.05) is 41.4 Å². The van der Waals surface area contributed by atoms with Gasteiger partial charge in [-0.05, 0) is 37.0 Å². The van der Waals surface area contributed by atoms with Gasteiger partial charge in [0, 0.05) is 26.6 Å². The van der Waals surface area contributed by atoms with E-state index < -0.39 is 9.84 Å². The Balaban J connectivity index is 1.83. The molecule has 0 N–H and O–H groups in total. The summed E-state index contributed by atoms with van der Waals surface area (Å²) in [6.45, 7) is 1.32. The molecule has 1 amide bonds. The van der Waals surface area contributed by atoms with Crippen LogP contribution in [0.3, 0.4) is 0 Å². The zero-order valence-electron chi connectivity index (χ0n) is 13.2. The SMILES string of the molecule is CN1CCCN(C(=O)C[C@@H]2CCS(=O)(=O)C2)c2cc(F)ccc21. The first-order valence-corrected chi connectivity index (χ1v) is 9.69. The molecule has 0 radical (unpaired) electrons. The Morgan fingerprint density at radius 2 is 2.09 bits per heavy atom. The summed E-state index contributed by atoms with van der Waals surface area (Å²) in [5.74, 6) is -0.360. The molecule has 2 aliphatic rings. The number of carbonyl (C=O) groups excluding carboxylic acids is 1. The summed E-state index contributed by atoms with van der Waals surface area (Å²) in [4.78, 5) is 16.3. The average Bonchev–Trinajstić information content (AvgIpc) is 2.72. The number of amides is 1. The molecule has 0 aromatic heterocycles. The van der Waals surface area contributed by atoms with Gasteiger partial charge >= 0.3 is 0 Å². The molecule has 5 nitrogen and oxygen atoms in total. The quantitative estimate of drug-likeness (QED) is 0.824. The number of sulfone groups is 1. The van der Waals surface area contributed by atoms with Crippen LogP contribution in [0, 0.1) is 11.7 Å². The number of hydrogen-bond donors (Lipinski definition) is 0. The maximum Gasteiger partial charge on any atom is 0.227 e. The lowest BCUT2D eigenvalue weighted by Gasteiger charge is -2.25. The number of rotatable bonds is 2. The van der Waals surface area contributed by atoms with Crippen molar-refractivity contribution in [3.8, 4) is 0 Å². The fourth-order valence-corrected chi connectivity index (χ4v) is 5.25. The Kier molecular flexibility index (Phi) is 4.31. The van der Waals surface area contributed by atoms with Crippen LogP contribution in [0.25, 0.3) is 0 Å². The highest BCUT2D eigenvalue weighted by Crippen LogP contribution is 2.33. The minimum absolute atomic E-state index is 0.0858. The van der Waals surface area contributed by atoms with Crippen molar-refractivity contribution in [1.82, 2.24) is 0 Å². The van der Waals surface area contributed by atoms with E-state index in [1.54, 1.807) is 11.0 Å². The van der Waals surface area contributed by atoms with Crippen LogP contribution in [-0.2, 0) is 14.6 Å². The van der Waals surface area contributed by atoms with E-state index in [0.29, 0.717) is 18.7 Å². The summed E-state index contributed by atoms with van der Waals surface area (Å²) >= 11 is 0. The second kappa shape index (κ2) is 6.11. The number of anilines is 2. The van der Waals surface area contributed by atoms with E-state index in [0.717, 1.165) is 18.7 Å². The first-order valence-electron chi connectivity index (χ1n) is 7.87. The van der Waals surface area contributed by atoms with Gasteiger partial charge < -0.3 is 9.80 Å². The topological polar surface area (TPSA) is 57.7 Å². The average molecular weight is 340 g/mol. The number of carbonyl (C=O) groups is 1. The lowest BCUT2D eigenvalue weighted by Crippen LogP contribution is -2.33. The fraction of sp³-hybridized carbons (Fsp3) is 0.562. The van der Waals surface area contributed by atoms with Crippen molar-refractivity contribution in [2.45, 2.75) is 19.3 Å². The molecule has 0 unspecified atom stereocenters. The van der Waals surface area contributed by atoms with Gasteiger partial charge in [0.15, 0.2) is 9.84 Å². The zero-order valence-corrected chi connectivity index (χ0v) is 14.0. The minimum Gasteiger partial charge on any atom is -0.373 e. The Morgan fingerprint density at radius 1 is 1.30 bits per heavy atom. The van der Waals surface area contributed by atoms with E-state index in [9.17, 15) is 17.6 Å². The molecule has 0 spiro atoms. The highest BCUT2D eigenvalue weighted by atomic mass is 32.2. The number of benzene rings is 1. The number of nitrogens with zero attached hydrogens (tertiary/aromatic N) is 2. The Bertz CT molecular complexity index is 720. The molecule has 1 fully saturated rings. The summed E-state index contributed by atoms with van der Waals surface area (Å²) in [5.41, 5.74) is 1.41. The van der Waals surface area contributed by atoms with E-state index in [1.165, 1.54) is 12.1 Å². The molecule has 3 rings (SSSR count). The third-order valence-corrected chi connectivity index (χ3v) is 6.44. The maximum atomic E-state index is 13.7. The van der Waals surface area contributed by atoms with E-state index in [1.807, 2.05) is 11.9 Å². The largest absolute Gasteiger partial charge is 0.373 e. The van der Waals surface area contributed by atoms with E-state index in [4.69, 9.17) is 0 Å². The van der Waals surface area contributed by atoms with Gasteiger partial charge in [-0.2, -0.15) is 0 Å². The van der Waals surface area contributed by atoms with Crippen molar-refractivity contribution in [1.29, 1.82) is 0 Å². The minimum atomic E-state index is -2.99. The van der Waals surface area contributed by atoms with Crippen LogP contribution < -0.4 is 9.80 Å². The Morgan fingerprint density at radius 3 is 2.78 bits per heavy atom. The van der Waals surface area contributed by atoms with E-state index in [-0.39, 0.29) is 35.6 Å². The van der Waals surface area contributed by atoms with Crippen molar-refractivity contribution < 1.29 is 17.6 Å². The van der Waals surface area contributed by atoms with Gasteiger partial charge in [-0.3, -0.25) is 4.79 Å². The lowest BCUT2D eigenvalue weighted by molar-refractivity contribution is -0.119. The van der Waals surface area contributed by atoms with Crippen LogP contribution >= 0.6 is 0 Å². The normalized spacial score (nSPS) is 23.5. The molecule has 7 heteroatoms. The molecule has 0 saturated carbocycles. The summed E-state index contributed by atoms with van der Waals surface area (Å²) in [6, 6.07) is 4.48. The molecule has 0 aliphatic carbocycles. The number of fused-ring (bicyclic) bond motifs is 1. The smallest absolute Gasteiger partial charge is 0.227 e. The molecule has 1 aromatic rings. The van der Waals surface area contributed by atoms with Crippen LogP contribution in [0.1, 0.15) is 19.3 Å². The summed E-state index contributed by atoms with van der Waals surface area (Å²) in [6.07, 6.45) is 1.54. The Labute approximate surface area is 136 Å². The maximum absolute atomic E-state index is 13.7. The molecule has 2 aliphatic heterocycles. The van der Waals surface area contributed by atoms with Gasteiger partial charge in [0.2, 0.25) is 5.91 Å². The van der Waals surface area contributed by atoms with Gasteiger partial charge in [0.25, 0.3) is 0 Å². The van der Waals surface area contributed by atoms with Crippen molar-refractivity contribution in [3.63, 3.8) is 0 Å². The molecule has 1 aromatic carbocycles. The highest BCUT2D eigenvalue weighted by Gasteiger charge is 2.32. The monoisotopic (exact) mass is 340 g/mol. The highest BCUT2D eigenvalue weighted by molar-refractivity contribution is 7.91. The predicted octanol–water partition coefficient (Wildman–Crippen LogP) is 1.82. The van der Waals surface area contributed by atoms with Gasteiger partial charge in [-0.1, -0.05) is 0 Å². The number of halogens is 1. The third-order valence-electron chi connectivity index (χ3n) is 4.61. The predicted molar refractivity (Wildman–Crippen MR) is 88.0 cm³/mol.